The predicted molar refractivity (Wildman–Crippen MR) is 243 cm³/mol. The topological polar surface area (TPSA) is 108 Å². The number of likely N-dealkylation sites (N-methyl/N-ethyl adjacent to an activating group) is 1. The molecule has 0 saturated carbocycles. The quantitative estimate of drug-likeness (QED) is 0.0213. The fourth-order valence-electron chi connectivity index (χ4n) is 6.43. The van der Waals surface area contributed by atoms with Gasteiger partial charge < -0.3 is 18.9 Å². The van der Waals surface area contributed by atoms with Crippen molar-refractivity contribution in [2.45, 2.75) is 213 Å². The van der Waals surface area contributed by atoms with Crippen LogP contribution >= 0.6 is 7.82 Å². The Labute approximate surface area is 357 Å². The Hall–Kier alpha value is -1.77. The Bertz CT molecular complexity index is 1090. The smallest absolute Gasteiger partial charge is 0.462 e. The molecule has 0 saturated heterocycles. The molecule has 1 unspecified atom stereocenters. The van der Waals surface area contributed by atoms with Crippen molar-refractivity contribution in [3.8, 4) is 0 Å². The minimum Gasteiger partial charge on any atom is -0.462 e. The highest BCUT2D eigenvalue weighted by atomic mass is 31.2. The number of esters is 2. The maximum absolute atomic E-state index is 12.7. The van der Waals surface area contributed by atoms with Gasteiger partial charge in [-0.15, -0.1) is 0 Å². The number of quaternary nitrogens is 1. The van der Waals surface area contributed by atoms with E-state index in [2.05, 4.69) is 50.3 Å². The van der Waals surface area contributed by atoms with Crippen molar-refractivity contribution < 1.29 is 42.1 Å². The molecule has 0 aliphatic rings. The third-order valence-corrected chi connectivity index (χ3v) is 11.2. The van der Waals surface area contributed by atoms with Gasteiger partial charge in [0.2, 0.25) is 0 Å². The molecule has 0 heterocycles. The summed E-state index contributed by atoms with van der Waals surface area (Å²) < 4.78 is 34.4. The van der Waals surface area contributed by atoms with Crippen molar-refractivity contribution in [3.05, 3.63) is 36.5 Å². The van der Waals surface area contributed by atoms with Gasteiger partial charge in [-0.25, -0.2) is 4.57 Å². The average Bonchev–Trinajstić information content (AvgIpc) is 3.17. The summed E-state index contributed by atoms with van der Waals surface area (Å²) in [6, 6.07) is 0. The number of rotatable bonds is 43. The Morgan fingerprint density at radius 2 is 0.931 bits per heavy atom. The largest absolute Gasteiger partial charge is 0.472 e. The van der Waals surface area contributed by atoms with Crippen LogP contribution < -0.4 is 0 Å². The van der Waals surface area contributed by atoms with Crippen LogP contribution in [-0.2, 0) is 32.7 Å². The van der Waals surface area contributed by atoms with Gasteiger partial charge in [-0.1, -0.05) is 179 Å². The van der Waals surface area contributed by atoms with Crippen molar-refractivity contribution in [3.63, 3.8) is 0 Å². The van der Waals surface area contributed by atoms with E-state index in [1.165, 1.54) is 116 Å². The summed E-state index contributed by atoms with van der Waals surface area (Å²) in [5.41, 5.74) is 0. The molecule has 0 aliphatic carbocycles. The third kappa shape index (κ3) is 43.8. The van der Waals surface area contributed by atoms with Crippen molar-refractivity contribution in [1.82, 2.24) is 0 Å². The molecule has 0 spiro atoms. The lowest BCUT2D eigenvalue weighted by Crippen LogP contribution is -2.37. The van der Waals surface area contributed by atoms with Crippen LogP contribution in [0.15, 0.2) is 36.5 Å². The lowest BCUT2D eigenvalue weighted by atomic mass is 10.0. The first-order valence-electron chi connectivity index (χ1n) is 23.7. The molecule has 9 nitrogen and oxygen atoms in total. The summed E-state index contributed by atoms with van der Waals surface area (Å²) in [5.74, 6) is -0.817. The Kier molecular flexibility index (Phi) is 39.4. The minimum atomic E-state index is -4.38. The fraction of sp³-hybridized carbons (Fsp3) is 0.833. The fourth-order valence-corrected chi connectivity index (χ4v) is 7.17. The van der Waals surface area contributed by atoms with Crippen LogP contribution in [0.4, 0.5) is 0 Å². The molecule has 0 aromatic heterocycles. The molecule has 0 fully saturated rings. The molecule has 2 atom stereocenters. The molecule has 1 N–H and O–H groups in total. The van der Waals surface area contributed by atoms with Crippen molar-refractivity contribution in [2.24, 2.45) is 0 Å². The van der Waals surface area contributed by atoms with E-state index in [1.54, 1.807) is 0 Å². The first kappa shape index (κ1) is 56.2. The summed E-state index contributed by atoms with van der Waals surface area (Å²) in [6.45, 7) is 4.39. The molecule has 0 radical (unpaired) electrons. The van der Waals surface area contributed by atoms with E-state index in [4.69, 9.17) is 18.5 Å². The van der Waals surface area contributed by atoms with Gasteiger partial charge in [0, 0.05) is 12.8 Å². The molecule has 0 aromatic carbocycles. The molecule has 58 heavy (non-hydrogen) atoms. The van der Waals surface area contributed by atoms with E-state index in [0.717, 1.165) is 57.8 Å². The second-order valence-corrected chi connectivity index (χ2v) is 18.6. The Balaban J connectivity index is 4.34. The normalized spacial score (nSPS) is 13.8. The highest BCUT2D eigenvalue weighted by molar-refractivity contribution is 7.47. The number of phosphoric ester groups is 1. The molecule has 0 rings (SSSR count). The monoisotopic (exact) mass is 841 g/mol. The highest BCUT2D eigenvalue weighted by Crippen LogP contribution is 2.43. The average molecular weight is 841 g/mol. The number of ether oxygens (including phenoxy) is 2. The molecule has 0 bridgehead atoms. The van der Waals surface area contributed by atoms with E-state index in [-0.39, 0.29) is 32.0 Å². The van der Waals surface area contributed by atoms with Gasteiger partial charge >= 0.3 is 19.8 Å². The van der Waals surface area contributed by atoms with Crippen LogP contribution in [-0.4, -0.2) is 74.9 Å². The number of nitrogens with zero attached hydrogens (tertiary/aromatic N) is 1. The van der Waals surface area contributed by atoms with Gasteiger partial charge in [0.1, 0.15) is 19.8 Å². The third-order valence-electron chi connectivity index (χ3n) is 10.2. The summed E-state index contributed by atoms with van der Waals surface area (Å²) in [4.78, 5) is 35.4. The minimum absolute atomic E-state index is 0.0278. The second kappa shape index (κ2) is 40.6. The van der Waals surface area contributed by atoms with E-state index < -0.39 is 26.5 Å². The van der Waals surface area contributed by atoms with E-state index in [0.29, 0.717) is 17.4 Å². The highest BCUT2D eigenvalue weighted by Gasteiger charge is 2.27. The maximum Gasteiger partial charge on any atom is 0.472 e. The van der Waals surface area contributed by atoms with Crippen LogP contribution in [0.5, 0.6) is 0 Å². The van der Waals surface area contributed by atoms with Crippen LogP contribution in [0.3, 0.4) is 0 Å². The number of allylic oxidation sites excluding steroid dienone is 6. The van der Waals surface area contributed by atoms with E-state index in [1.807, 2.05) is 21.1 Å². The van der Waals surface area contributed by atoms with Crippen LogP contribution in [0.25, 0.3) is 0 Å². The van der Waals surface area contributed by atoms with Crippen LogP contribution in [0, 0.1) is 0 Å². The molecular formula is C48H91NO8P+. The second-order valence-electron chi connectivity index (χ2n) is 17.1. The number of phosphoric acid groups is 1. The van der Waals surface area contributed by atoms with Gasteiger partial charge in [0.25, 0.3) is 0 Å². The standard InChI is InChI=1S/C48H90NO8P/c1-6-8-10-12-14-16-18-20-22-24-26-28-30-32-34-36-38-40-47(50)54-44-46(45-56-58(52,53)55-43-42-49(3,4)5)57-48(51)41-39-37-35-33-31-29-27-25-23-21-19-17-15-13-11-9-7-2/h15,17,21,23,27,29,46H,6-14,16,18-20,22,24-26,28,30-45H2,1-5H3/p+1/b17-15+,23-21+,29-27+/t46-/m1/s1. The maximum atomic E-state index is 12.7. The molecule has 0 aliphatic heterocycles. The molecule has 0 amide bonds. The molecule has 340 valence electrons. The number of carbonyl (C=O) groups excluding carboxylic acids is 2. The predicted octanol–water partition coefficient (Wildman–Crippen LogP) is 13.7. The van der Waals surface area contributed by atoms with Gasteiger partial charge in [0.05, 0.1) is 27.7 Å². The van der Waals surface area contributed by atoms with Gasteiger partial charge in [0.15, 0.2) is 6.10 Å². The van der Waals surface area contributed by atoms with Gasteiger partial charge in [-0.3, -0.25) is 18.6 Å². The lowest BCUT2D eigenvalue weighted by molar-refractivity contribution is -0.870. The zero-order chi connectivity index (χ0) is 42.8. The van der Waals surface area contributed by atoms with Crippen molar-refractivity contribution in [1.29, 1.82) is 0 Å². The first-order chi connectivity index (χ1) is 28.0. The zero-order valence-electron chi connectivity index (χ0n) is 38.3. The number of hydrogen-bond acceptors (Lipinski definition) is 7. The van der Waals surface area contributed by atoms with Crippen molar-refractivity contribution in [2.75, 3.05) is 47.5 Å². The van der Waals surface area contributed by atoms with Gasteiger partial charge in [-0.05, 0) is 51.4 Å². The van der Waals surface area contributed by atoms with Crippen LogP contribution in [0.2, 0.25) is 0 Å². The number of carbonyl (C=O) groups is 2. The summed E-state index contributed by atoms with van der Waals surface area (Å²) in [6.07, 6.45) is 46.1. The molecule has 10 heteroatoms. The van der Waals surface area contributed by atoms with Crippen molar-refractivity contribution >= 4 is 19.8 Å². The first-order valence-corrected chi connectivity index (χ1v) is 25.2. The summed E-state index contributed by atoms with van der Waals surface area (Å²) >= 11 is 0. The Morgan fingerprint density at radius 3 is 1.41 bits per heavy atom. The molecular weight excluding hydrogens is 750 g/mol. The lowest BCUT2D eigenvalue weighted by Gasteiger charge is -2.24. The van der Waals surface area contributed by atoms with Gasteiger partial charge in [-0.2, -0.15) is 0 Å². The zero-order valence-corrected chi connectivity index (χ0v) is 39.2. The Morgan fingerprint density at radius 1 is 0.534 bits per heavy atom. The summed E-state index contributed by atoms with van der Waals surface area (Å²) in [7, 11) is 1.46. The SMILES string of the molecule is CCCCC/C=C/C/C=C/C/C=C/CCCCCCC(=O)O[C@H](COC(=O)CCCCCCCCCCCCCCCCCCC)COP(=O)(O)OCC[N+](C)(C)C. The van der Waals surface area contributed by atoms with E-state index in [9.17, 15) is 19.0 Å². The molecule has 0 aromatic rings. The van der Waals surface area contributed by atoms with Crippen LogP contribution in [0.1, 0.15) is 206 Å². The summed E-state index contributed by atoms with van der Waals surface area (Å²) in [5, 5.41) is 0. The number of hydrogen-bond donors (Lipinski definition) is 1. The van der Waals surface area contributed by atoms with E-state index >= 15 is 0 Å². The number of unbranched alkanes of at least 4 members (excludes halogenated alkanes) is 23.